The molecule has 3 aromatic rings. The minimum absolute atomic E-state index is 0. The number of rotatable bonds is 8. The lowest BCUT2D eigenvalue weighted by Gasteiger charge is -2.32. The predicted octanol–water partition coefficient (Wildman–Crippen LogP) is 7.66. The van der Waals surface area contributed by atoms with Gasteiger partial charge in [-0.25, -0.2) is 0 Å². The van der Waals surface area contributed by atoms with E-state index in [2.05, 4.69) is 70.5 Å². The van der Waals surface area contributed by atoms with Crippen LogP contribution in [0.4, 0.5) is 0 Å². The summed E-state index contributed by atoms with van der Waals surface area (Å²) in [6.07, 6.45) is 6.07. The second kappa shape index (κ2) is 15.1. The quantitative estimate of drug-likeness (QED) is 0.259. The zero-order valence-corrected chi connectivity index (χ0v) is 24.4. The number of likely N-dealkylation sites (tertiary alicyclic amines) is 1. The number of halogens is 3. The van der Waals surface area contributed by atoms with Crippen molar-refractivity contribution in [3.05, 3.63) is 106 Å². The van der Waals surface area contributed by atoms with Gasteiger partial charge >= 0.3 is 0 Å². The first-order chi connectivity index (χ1) is 17.6. The van der Waals surface area contributed by atoms with Crippen molar-refractivity contribution >= 4 is 42.2 Å². The summed E-state index contributed by atoms with van der Waals surface area (Å²) in [6.45, 7) is 6.21. The Morgan fingerprint density at radius 3 is 2.16 bits per heavy atom. The topological polar surface area (TPSA) is 23.6 Å². The van der Waals surface area contributed by atoms with Gasteiger partial charge in [0.1, 0.15) is 0 Å². The average molecular weight is 574 g/mol. The Labute approximate surface area is 245 Å². The molecule has 0 saturated carbocycles. The van der Waals surface area contributed by atoms with Crippen LogP contribution in [0.3, 0.4) is 0 Å². The fraction of sp³-hybridized carbons (Fsp3) is 0.406. The molecule has 0 aliphatic carbocycles. The van der Waals surface area contributed by atoms with Crippen molar-refractivity contribution in [1.29, 1.82) is 0 Å². The van der Waals surface area contributed by atoms with Crippen LogP contribution in [-0.4, -0.2) is 41.8 Å². The largest absolute Gasteiger partial charge is 0.299 e. The molecule has 5 rings (SSSR count). The Morgan fingerprint density at radius 2 is 1.42 bits per heavy atom. The Hall–Kier alpha value is -1.88. The second-order valence-corrected chi connectivity index (χ2v) is 10.9. The summed E-state index contributed by atoms with van der Waals surface area (Å²) < 4.78 is 0. The molecule has 6 heteroatoms. The first kappa shape index (κ1) is 30.7. The number of ketones is 1. The third kappa shape index (κ3) is 8.31. The normalized spacial score (nSPS) is 16.6. The van der Waals surface area contributed by atoms with Crippen LogP contribution in [-0.2, 0) is 25.9 Å². The van der Waals surface area contributed by atoms with Crippen molar-refractivity contribution in [1.82, 2.24) is 9.80 Å². The fourth-order valence-corrected chi connectivity index (χ4v) is 5.92. The summed E-state index contributed by atoms with van der Waals surface area (Å²) in [5.41, 5.74) is 6.26. The molecular formula is C32H39Cl3N2O. The first-order valence-electron chi connectivity index (χ1n) is 13.5. The summed E-state index contributed by atoms with van der Waals surface area (Å²) in [5, 5.41) is 0.856. The zero-order valence-electron chi connectivity index (χ0n) is 22.0. The predicted molar refractivity (Wildman–Crippen MR) is 163 cm³/mol. The van der Waals surface area contributed by atoms with Crippen molar-refractivity contribution in [2.75, 3.05) is 26.2 Å². The van der Waals surface area contributed by atoms with E-state index in [-0.39, 0.29) is 24.8 Å². The fourth-order valence-electron chi connectivity index (χ4n) is 5.72. The lowest BCUT2D eigenvalue weighted by Crippen LogP contribution is -2.33. The average Bonchev–Trinajstić information content (AvgIpc) is 3.12. The van der Waals surface area contributed by atoms with Gasteiger partial charge in [0.05, 0.1) is 0 Å². The number of hydrogen-bond acceptors (Lipinski definition) is 3. The van der Waals surface area contributed by atoms with Crippen LogP contribution in [0.1, 0.15) is 58.3 Å². The van der Waals surface area contributed by atoms with E-state index < -0.39 is 0 Å². The molecule has 1 saturated heterocycles. The Morgan fingerprint density at radius 1 is 0.763 bits per heavy atom. The van der Waals surface area contributed by atoms with E-state index in [1.165, 1.54) is 35.1 Å². The molecule has 2 aliphatic heterocycles. The number of fused-ring (bicyclic) bond motifs is 1. The van der Waals surface area contributed by atoms with Crippen LogP contribution in [0.5, 0.6) is 0 Å². The molecule has 38 heavy (non-hydrogen) atoms. The lowest BCUT2D eigenvalue weighted by molar-refractivity contribution is 0.0961. The van der Waals surface area contributed by atoms with Gasteiger partial charge in [-0.2, -0.15) is 0 Å². The molecule has 2 heterocycles. The maximum absolute atomic E-state index is 13.1. The molecule has 2 aliphatic rings. The molecule has 3 aromatic carbocycles. The number of carbonyl (C=O) groups excluding carboxylic acids is 1. The Balaban J connectivity index is 0.00000200. The minimum Gasteiger partial charge on any atom is -0.299 e. The molecule has 0 N–H and O–H groups in total. The highest BCUT2D eigenvalue weighted by Crippen LogP contribution is 2.26. The molecule has 3 nitrogen and oxygen atoms in total. The van der Waals surface area contributed by atoms with E-state index in [1.54, 1.807) is 0 Å². The SMILES string of the molecule is Cl.Cl.O=C(CCC1CCN(Cc2ccccc2Cl)CC1)c1ccc2c(c1)CCN(Cc1ccccc1)CC2. The molecule has 0 atom stereocenters. The van der Waals surface area contributed by atoms with Crippen LogP contribution >= 0.6 is 36.4 Å². The maximum atomic E-state index is 13.1. The van der Waals surface area contributed by atoms with E-state index >= 15 is 0 Å². The molecule has 204 valence electrons. The van der Waals surface area contributed by atoms with Gasteiger partial charge in [0, 0.05) is 43.2 Å². The van der Waals surface area contributed by atoms with E-state index in [9.17, 15) is 4.79 Å². The highest BCUT2D eigenvalue weighted by molar-refractivity contribution is 6.31. The van der Waals surface area contributed by atoms with Crippen LogP contribution < -0.4 is 0 Å². The molecule has 0 bridgehead atoms. The third-order valence-corrected chi connectivity index (χ3v) is 8.38. The molecule has 0 amide bonds. The number of benzene rings is 3. The molecular weight excluding hydrogens is 535 g/mol. The lowest BCUT2D eigenvalue weighted by atomic mass is 9.89. The maximum Gasteiger partial charge on any atom is 0.162 e. The Kier molecular flexibility index (Phi) is 12.1. The monoisotopic (exact) mass is 572 g/mol. The van der Waals surface area contributed by atoms with Crippen molar-refractivity contribution < 1.29 is 4.79 Å². The molecule has 0 radical (unpaired) electrons. The smallest absolute Gasteiger partial charge is 0.162 e. The van der Waals surface area contributed by atoms with Crippen LogP contribution in [0, 0.1) is 5.92 Å². The highest BCUT2D eigenvalue weighted by Gasteiger charge is 2.21. The summed E-state index contributed by atoms with van der Waals surface area (Å²) in [6, 6.07) is 25.3. The van der Waals surface area contributed by atoms with Crippen molar-refractivity contribution in [2.24, 2.45) is 5.92 Å². The van der Waals surface area contributed by atoms with Gasteiger partial charge in [-0.3, -0.25) is 14.6 Å². The standard InChI is InChI=1S/C32H37ClN2O.2ClH/c33-31-9-5-4-8-30(31)24-35-18-14-25(15-19-35)10-13-32(36)29-12-11-27-16-20-34(21-17-28(27)22-29)23-26-6-2-1-3-7-26;;/h1-9,11-12,22,25H,10,13-21,23-24H2;2*1H. The van der Waals surface area contributed by atoms with Crippen molar-refractivity contribution in [2.45, 2.75) is 51.6 Å². The summed E-state index contributed by atoms with van der Waals surface area (Å²) in [7, 11) is 0. The number of Topliss-reactive ketones (excluding diaryl/α,β-unsaturated/α-hetero) is 1. The summed E-state index contributed by atoms with van der Waals surface area (Å²) >= 11 is 6.34. The summed E-state index contributed by atoms with van der Waals surface area (Å²) in [4.78, 5) is 18.1. The molecule has 0 aromatic heterocycles. The molecule has 1 fully saturated rings. The van der Waals surface area contributed by atoms with Gasteiger partial charge < -0.3 is 0 Å². The third-order valence-electron chi connectivity index (χ3n) is 8.01. The van der Waals surface area contributed by atoms with E-state index in [4.69, 9.17) is 11.6 Å². The highest BCUT2D eigenvalue weighted by atomic mass is 35.5. The van der Waals surface area contributed by atoms with Crippen LogP contribution in [0.2, 0.25) is 5.02 Å². The number of carbonyl (C=O) groups is 1. The van der Waals surface area contributed by atoms with Gasteiger partial charge in [0.2, 0.25) is 0 Å². The van der Waals surface area contributed by atoms with Gasteiger partial charge in [-0.1, -0.05) is 72.3 Å². The van der Waals surface area contributed by atoms with Crippen molar-refractivity contribution in [3.8, 4) is 0 Å². The van der Waals surface area contributed by atoms with E-state index in [0.717, 1.165) is 69.1 Å². The second-order valence-electron chi connectivity index (χ2n) is 10.5. The number of piperidine rings is 1. The number of hydrogen-bond donors (Lipinski definition) is 0. The van der Waals surface area contributed by atoms with Gasteiger partial charge in [-0.05, 0) is 85.5 Å². The van der Waals surface area contributed by atoms with E-state index in [0.29, 0.717) is 18.1 Å². The number of nitrogens with zero attached hydrogens (tertiary/aromatic N) is 2. The van der Waals surface area contributed by atoms with Crippen LogP contribution in [0.15, 0.2) is 72.8 Å². The Bertz CT molecular complexity index is 1160. The summed E-state index contributed by atoms with van der Waals surface area (Å²) in [5.74, 6) is 0.950. The van der Waals surface area contributed by atoms with E-state index in [1.807, 2.05) is 12.1 Å². The van der Waals surface area contributed by atoms with Gasteiger partial charge in [0.15, 0.2) is 5.78 Å². The van der Waals surface area contributed by atoms with Crippen LogP contribution in [0.25, 0.3) is 0 Å². The molecule has 0 spiro atoms. The van der Waals surface area contributed by atoms with Crippen molar-refractivity contribution in [3.63, 3.8) is 0 Å². The first-order valence-corrected chi connectivity index (χ1v) is 13.9. The zero-order chi connectivity index (χ0) is 24.7. The van der Waals surface area contributed by atoms with Gasteiger partial charge in [0.25, 0.3) is 0 Å². The van der Waals surface area contributed by atoms with Gasteiger partial charge in [-0.15, -0.1) is 24.8 Å². The molecule has 0 unspecified atom stereocenters. The minimum atomic E-state index is 0.